The molecular formula is C18H23FO. The van der Waals surface area contributed by atoms with Gasteiger partial charge >= 0.3 is 0 Å². The third kappa shape index (κ3) is 3.36. The van der Waals surface area contributed by atoms with Gasteiger partial charge in [0.05, 0.1) is 5.56 Å². The molecular weight excluding hydrogens is 251 g/mol. The number of carbonyl (C=O) groups is 1. The number of hydrogen-bond donors (Lipinski definition) is 0. The molecule has 0 atom stereocenters. The maximum absolute atomic E-state index is 14.0. The van der Waals surface area contributed by atoms with Crippen LogP contribution < -0.4 is 0 Å². The fourth-order valence-electron chi connectivity index (χ4n) is 3.29. The highest BCUT2D eigenvalue weighted by Gasteiger charge is 2.22. The largest absolute Gasteiger partial charge is 0.289 e. The van der Waals surface area contributed by atoms with Crippen molar-refractivity contribution in [2.45, 2.75) is 51.4 Å². The van der Waals surface area contributed by atoms with Crippen LogP contribution in [0.1, 0.15) is 67.3 Å². The molecule has 1 aliphatic rings. The molecule has 1 fully saturated rings. The molecule has 108 valence electrons. The van der Waals surface area contributed by atoms with Gasteiger partial charge in [-0.25, -0.2) is 4.39 Å². The summed E-state index contributed by atoms with van der Waals surface area (Å²) in [4.78, 5) is 11.5. The summed E-state index contributed by atoms with van der Waals surface area (Å²) < 4.78 is 14.0. The van der Waals surface area contributed by atoms with Crippen molar-refractivity contribution in [1.29, 1.82) is 0 Å². The minimum atomic E-state index is -0.414. The molecule has 0 saturated heterocycles. The number of benzene rings is 1. The lowest BCUT2D eigenvalue weighted by atomic mass is 9.77. The Kier molecular flexibility index (Phi) is 5.11. The van der Waals surface area contributed by atoms with Crippen LogP contribution >= 0.6 is 0 Å². The highest BCUT2D eigenvalue weighted by atomic mass is 19.1. The van der Waals surface area contributed by atoms with Gasteiger partial charge in [-0.1, -0.05) is 32.4 Å². The van der Waals surface area contributed by atoms with Gasteiger partial charge in [-0.2, -0.15) is 0 Å². The van der Waals surface area contributed by atoms with Crippen molar-refractivity contribution in [2.24, 2.45) is 5.92 Å². The van der Waals surface area contributed by atoms with E-state index in [-0.39, 0.29) is 11.3 Å². The van der Waals surface area contributed by atoms with Crippen LogP contribution in [0.4, 0.5) is 4.39 Å². The monoisotopic (exact) mass is 274 g/mol. The third-order valence-electron chi connectivity index (χ3n) is 4.46. The number of ketones is 1. The van der Waals surface area contributed by atoms with E-state index in [4.69, 9.17) is 0 Å². The van der Waals surface area contributed by atoms with E-state index in [1.807, 2.05) is 6.07 Å². The maximum Gasteiger partial charge on any atom is 0.188 e. The van der Waals surface area contributed by atoms with Gasteiger partial charge in [0.25, 0.3) is 0 Å². The summed E-state index contributed by atoms with van der Waals surface area (Å²) >= 11 is 0. The predicted molar refractivity (Wildman–Crippen MR) is 80.5 cm³/mol. The van der Waals surface area contributed by atoms with Gasteiger partial charge in [0.1, 0.15) is 5.82 Å². The molecule has 1 saturated carbocycles. The lowest BCUT2D eigenvalue weighted by molar-refractivity contribution is 0.104. The molecule has 1 nitrogen and oxygen atoms in total. The molecule has 0 aromatic heterocycles. The Morgan fingerprint density at radius 3 is 2.60 bits per heavy atom. The Balaban J connectivity index is 2.06. The average molecular weight is 274 g/mol. The molecule has 0 aliphatic heterocycles. The molecule has 1 aromatic rings. The molecule has 0 N–H and O–H groups in total. The highest BCUT2D eigenvalue weighted by Crippen LogP contribution is 2.37. The highest BCUT2D eigenvalue weighted by molar-refractivity contribution is 6.04. The number of rotatable bonds is 5. The van der Waals surface area contributed by atoms with E-state index in [0.29, 0.717) is 5.92 Å². The van der Waals surface area contributed by atoms with Gasteiger partial charge in [-0.3, -0.25) is 4.79 Å². The van der Waals surface area contributed by atoms with Crippen LogP contribution in [0.15, 0.2) is 30.9 Å². The van der Waals surface area contributed by atoms with Crippen LogP contribution in [0.2, 0.25) is 0 Å². The molecule has 0 radical (unpaired) electrons. The van der Waals surface area contributed by atoms with Crippen LogP contribution in [0.5, 0.6) is 0 Å². The molecule has 2 rings (SSSR count). The number of allylic oxidation sites excluding steroid dienone is 1. The first-order chi connectivity index (χ1) is 9.65. The van der Waals surface area contributed by atoms with E-state index in [1.54, 1.807) is 12.1 Å². The molecule has 0 unspecified atom stereocenters. The summed E-state index contributed by atoms with van der Waals surface area (Å²) in [6.07, 6.45) is 8.49. The summed E-state index contributed by atoms with van der Waals surface area (Å²) in [5, 5.41) is 0. The average Bonchev–Trinajstić information content (AvgIpc) is 2.47. The SMILES string of the molecule is C=CC(=O)c1ccc([C@H]2CC[C@H](CCC)CC2)cc1F. The Labute approximate surface area is 120 Å². The van der Waals surface area contributed by atoms with Crippen molar-refractivity contribution >= 4 is 5.78 Å². The zero-order valence-electron chi connectivity index (χ0n) is 12.2. The van der Waals surface area contributed by atoms with Crippen LogP contribution in [-0.4, -0.2) is 5.78 Å². The first-order valence-corrected chi connectivity index (χ1v) is 7.62. The number of hydrogen-bond acceptors (Lipinski definition) is 1. The standard InChI is InChI=1S/C18H23FO/c1-3-5-13-6-8-14(9-7-13)15-10-11-16(17(19)12-15)18(20)4-2/h4,10-14H,2-3,5-9H2,1H3/t13-,14-. The van der Waals surface area contributed by atoms with E-state index < -0.39 is 5.82 Å². The molecule has 0 amide bonds. The summed E-state index contributed by atoms with van der Waals surface area (Å²) in [6, 6.07) is 5.05. The molecule has 0 heterocycles. The Morgan fingerprint density at radius 2 is 2.05 bits per heavy atom. The zero-order valence-corrected chi connectivity index (χ0v) is 12.2. The minimum absolute atomic E-state index is 0.128. The summed E-state index contributed by atoms with van der Waals surface area (Å²) in [6.45, 7) is 5.63. The topological polar surface area (TPSA) is 17.1 Å². The van der Waals surface area contributed by atoms with Crippen LogP contribution in [0.25, 0.3) is 0 Å². The quantitative estimate of drug-likeness (QED) is 0.528. The zero-order chi connectivity index (χ0) is 14.5. The summed E-state index contributed by atoms with van der Waals surface area (Å²) in [5.74, 6) is 0.539. The smallest absolute Gasteiger partial charge is 0.188 e. The first-order valence-electron chi connectivity index (χ1n) is 7.62. The fourth-order valence-corrected chi connectivity index (χ4v) is 3.29. The van der Waals surface area contributed by atoms with Crippen molar-refractivity contribution in [1.82, 2.24) is 0 Å². The van der Waals surface area contributed by atoms with Crippen LogP contribution in [0.3, 0.4) is 0 Å². The minimum Gasteiger partial charge on any atom is -0.289 e. The molecule has 0 spiro atoms. The molecule has 20 heavy (non-hydrogen) atoms. The van der Waals surface area contributed by atoms with Crippen molar-refractivity contribution in [3.63, 3.8) is 0 Å². The second kappa shape index (κ2) is 6.83. The maximum atomic E-state index is 14.0. The van der Waals surface area contributed by atoms with Gasteiger partial charge in [0.2, 0.25) is 0 Å². The van der Waals surface area contributed by atoms with Crippen molar-refractivity contribution < 1.29 is 9.18 Å². The Hall–Kier alpha value is -1.44. The Bertz CT molecular complexity index is 484. The lowest BCUT2D eigenvalue weighted by Crippen LogP contribution is -2.13. The second-order valence-electron chi connectivity index (χ2n) is 5.81. The third-order valence-corrected chi connectivity index (χ3v) is 4.46. The Morgan fingerprint density at radius 1 is 1.35 bits per heavy atom. The van der Waals surface area contributed by atoms with Crippen LogP contribution in [-0.2, 0) is 0 Å². The first kappa shape index (κ1) is 15.0. The van der Waals surface area contributed by atoms with E-state index in [1.165, 1.54) is 25.7 Å². The number of halogens is 1. The lowest BCUT2D eigenvalue weighted by Gasteiger charge is -2.28. The molecule has 0 bridgehead atoms. The van der Waals surface area contributed by atoms with Crippen LogP contribution in [0, 0.1) is 11.7 Å². The van der Waals surface area contributed by atoms with E-state index >= 15 is 0 Å². The molecule has 1 aliphatic carbocycles. The summed E-state index contributed by atoms with van der Waals surface area (Å²) in [5.41, 5.74) is 1.17. The van der Waals surface area contributed by atoms with E-state index in [0.717, 1.165) is 30.4 Å². The van der Waals surface area contributed by atoms with Gasteiger partial charge in [0, 0.05) is 0 Å². The van der Waals surface area contributed by atoms with Crippen molar-refractivity contribution in [3.05, 3.63) is 47.8 Å². The van der Waals surface area contributed by atoms with Gasteiger partial charge < -0.3 is 0 Å². The van der Waals surface area contributed by atoms with Crippen molar-refractivity contribution in [2.75, 3.05) is 0 Å². The van der Waals surface area contributed by atoms with Gasteiger partial charge in [-0.05, 0) is 61.3 Å². The normalized spacial score (nSPS) is 22.5. The molecule has 1 aromatic carbocycles. The van der Waals surface area contributed by atoms with Crippen molar-refractivity contribution in [3.8, 4) is 0 Å². The fraction of sp³-hybridized carbons (Fsp3) is 0.500. The van der Waals surface area contributed by atoms with Gasteiger partial charge in [-0.15, -0.1) is 0 Å². The second-order valence-corrected chi connectivity index (χ2v) is 5.81. The summed E-state index contributed by atoms with van der Waals surface area (Å²) in [7, 11) is 0. The number of carbonyl (C=O) groups excluding carboxylic acids is 1. The molecule has 2 heteroatoms. The van der Waals surface area contributed by atoms with E-state index in [2.05, 4.69) is 13.5 Å². The van der Waals surface area contributed by atoms with Gasteiger partial charge in [0.15, 0.2) is 5.78 Å². The van der Waals surface area contributed by atoms with E-state index in [9.17, 15) is 9.18 Å². The predicted octanol–water partition coefficient (Wildman–Crippen LogP) is 5.27.